The molecule has 0 aliphatic carbocycles. The molecule has 1 aromatic carbocycles. The van der Waals surface area contributed by atoms with E-state index in [4.69, 9.17) is 0 Å². The van der Waals surface area contributed by atoms with Crippen molar-refractivity contribution in [3.63, 3.8) is 0 Å². The number of piperidine rings is 1. The van der Waals surface area contributed by atoms with E-state index in [9.17, 15) is 9.59 Å². The first-order valence-corrected chi connectivity index (χ1v) is 10.7. The van der Waals surface area contributed by atoms with Gasteiger partial charge >= 0.3 is 0 Å². The van der Waals surface area contributed by atoms with Crippen LogP contribution in [-0.2, 0) is 12.0 Å². The van der Waals surface area contributed by atoms with Gasteiger partial charge in [-0.1, -0.05) is 35.9 Å². The molecular weight excluding hydrogens is 390 g/mol. The number of hydrogen-bond acceptors (Lipinski definition) is 5. The zero-order chi connectivity index (χ0) is 21.6. The Labute approximate surface area is 180 Å². The lowest BCUT2D eigenvalue weighted by atomic mass is 9.76. The van der Waals surface area contributed by atoms with Crippen LogP contribution in [-0.4, -0.2) is 43.6 Å². The Bertz CT molecular complexity index is 1190. The summed E-state index contributed by atoms with van der Waals surface area (Å²) in [5.74, 6) is 0.736. The van der Waals surface area contributed by atoms with Crippen molar-refractivity contribution in [3.05, 3.63) is 75.6 Å². The normalized spacial score (nSPS) is 17.0. The van der Waals surface area contributed by atoms with E-state index in [-0.39, 0.29) is 16.9 Å². The van der Waals surface area contributed by atoms with E-state index in [0.717, 1.165) is 41.8 Å². The van der Waals surface area contributed by atoms with Gasteiger partial charge in [0.05, 0.1) is 0 Å². The Morgan fingerprint density at radius 2 is 1.58 bits per heavy atom. The van der Waals surface area contributed by atoms with Gasteiger partial charge in [-0.05, 0) is 44.7 Å². The lowest BCUT2D eigenvalue weighted by Gasteiger charge is -2.38. The van der Waals surface area contributed by atoms with E-state index in [0.29, 0.717) is 31.0 Å². The lowest BCUT2D eigenvalue weighted by molar-refractivity contribution is 0.0657. The minimum Gasteiger partial charge on any atom is -0.337 e. The van der Waals surface area contributed by atoms with Gasteiger partial charge in [0.25, 0.3) is 11.5 Å². The zero-order valence-corrected chi connectivity index (χ0v) is 17.8. The molecule has 7 nitrogen and oxygen atoms in total. The first-order valence-electron chi connectivity index (χ1n) is 10.7. The van der Waals surface area contributed by atoms with Gasteiger partial charge in [0.2, 0.25) is 0 Å². The van der Waals surface area contributed by atoms with Gasteiger partial charge in [-0.25, -0.2) is 0 Å². The van der Waals surface area contributed by atoms with Crippen molar-refractivity contribution >= 4 is 5.91 Å². The standard InChI is InChI=1S/C24H25N5O2/c1-16-3-6-18(7-4-16)20-22(31)29-14-11-24(23(29)27-26-20)9-12-28(13-10-24)21(30)19-8-5-17(2)15-25-19/h3-8,15H,9-14H2,1-2H3. The number of fused-ring (bicyclic) bond motifs is 2. The first-order chi connectivity index (χ1) is 15.0. The fraction of sp³-hybridized carbons (Fsp3) is 0.375. The second-order valence-corrected chi connectivity index (χ2v) is 8.74. The van der Waals surface area contributed by atoms with Crippen molar-refractivity contribution in [2.75, 3.05) is 13.1 Å². The summed E-state index contributed by atoms with van der Waals surface area (Å²) in [6.07, 6.45) is 4.14. The molecule has 1 saturated heterocycles. The Hall–Kier alpha value is -3.35. The zero-order valence-electron chi connectivity index (χ0n) is 17.8. The summed E-state index contributed by atoms with van der Waals surface area (Å²) in [6, 6.07) is 11.5. The van der Waals surface area contributed by atoms with Crippen LogP contribution in [0.3, 0.4) is 0 Å². The second-order valence-electron chi connectivity index (χ2n) is 8.74. The third-order valence-corrected chi connectivity index (χ3v) is 6.70. The molecule has 0 radical (unpaired) electrons. The minimum atomic E-state index is -0.185. The molecule has 0 atom stereocenters. The van der Waals surface area contributed by atoms with Crippen LogP contribution in [0.1, 0.15) is 46.7 Å². The molecule has 4 heterocycles. The highest BCUT2D eigenvalue weighted by Gasteiger charge is 2.45. The Morgan fingerprint density at radius 3 is 2.26 bits per heavy atom. The molecule has 1 fully saturated rings. The highest BCUT2D eigenvalue weighted by molar-refractivity contribution is 5.92. The number of carbonyl (C=O) groups excluding carboxylic acids is 1. The first kappa shape index (κ1) is 19.6. The maximum absolute atomic E-state index is 13.1. The number of likely N-dealkylation sites (tertiary alicyclic amines) is 1. The third-order valence-electron chi connectivity index (χ3n) is 6.70. The van der Waals surface area contributed by atoms with Crippen molar-refractivity contribution in [2.45, 2.75) is 45.1 Å². The van der Waals surface area contributed by atoms with Gasteiger partial charge in [-0.15, -0.1) is 10.2 Å². The molecule has 0 unspecified atom stereocenters. The summed E-state index contributed by atoms with van der Waals surface area (Å²) in [7, 11) is 0. The Balaban J connectivity index is 1.37. The number of pyridine rings is 1. The highest BCUT2D eigenvalue weighted by Crippen LogP contribution is 2.41. The van der Waals surface area contributed by atoms with Crippen LogP contribution in [0.25, 0.3) is 11.3 Å². The average molecular weight is 415 g/mol. The lowest BCUT2D eigenvalue weighted by Crippen LogP contribution is -2.45. The summed E-state index contributed by atoms with van der Waals surface area (Å²) in [4.78, 5) is 32.1. The maximum atomic E-state index is 13.1. The van der Waals surface area contributed by atoms with Crippen molar-refractivity contribution in [1.82, 2.24) is 24.6 Å². The van der Waals surface area contributed by atoms with Crippen LogP contribution < -0.4 is 5.56 Å². The molecule has 31 heavy (non-hydrogen) atoms. The van der Waals surface area contributed by atoms with E-state index < -0.39 is 0 Å². The molecule has 5 rings (SSSR count). The molecule has 0 N–H and O–H groups in total. The van der Waals surface area contributed by atoms with Crippen LogP contribution in [0.5, 0.6) is 0 Å². The van der Waals surface area contributed by atoms with Crippen LogP contribution in [0.4, 0.5) is 0 Å². The van der Waals surface area contributed by atoms with Gasteiger partial charge in [0.1, 0.15) is 11.5 Å². The van der Waals surface area contributed by atoms with Crippen LogP contribution in [0.15, 0.2) is 47.4 Å². The summed E-state index contributed by atoms with van der Waals surface area (Å²) >= 11 is 0. The minimum absolute atomic E-state index is 0.0361. The number of nitrogens with zero attached hydrogens (tertiary/aromatic N) is 5. The SMILES string of the molecule is Cc1ccc(-c2nnc3n(c2=O)CCC32CCN(C(=O)c3ccc(C)cn3)CC2)cc1. The summed E-state index contributed by atoms with van der Waals surface area (Å²) in [6.45, 7) is 5.88. The van der Waals surface area contributed by atoms with E-state index >= 15 is 0 Å². The predicted octanol–water partition coefficient (Wildman–Crippen LogP) is 2.89. The van der Waals surface area contributed by atoms with E-state index in [1.165, 1.54) is 0 Å². The molecule has 3 aromatic rings. The maximum Gasteiger partial charge on any atom is 0.280 e. The molecule has 0 saturated carbocycles. The molecule has 0 bridgehead atoms. The average Bonchev–Trinajstić information content (AvgIpc) is 3.14. The molecular formula is C24H25N5O2. The fourth-order valence-corrected chi connectivity index (χ4v) is 4.72. The number of amides is 1. The van der Waals surface area contributed by atoms with Gasteiger partial charge in [-0.3, -0.25) is 19.1 Å². The van der Waals surface area contributed by atoms with Crippen molar-refractivity contribution in [3.8, 4) is 11.3 Å². The van der Waals surface area contributed by atoms with Crippen LogP contribution >= 0.6 is 0 Å². The summed E-state index contributed by atoms with van der Waals surface area (Å²) in [5, 5.41) is 8.87. The predicted molar refractivity (Wildman–Crippen MR) is 117 cm³/mol. The molecule has 1 amide bonds. The fourth-order valence-electron chi connectivity index (χ4n) is 4.72. The molecule has 2 aliphatic heterocycles. The van der Waals surface area contributed by atoms with Gasteiger partial charge < -0.3 is 4.90 Å². The number of carbonyl (C=O) groups is 1. The third kappa shape index (κ3) is 3.34. The Morgan fingerprint density at radius 1 is 0.903 bits per heavy atom. The topological polar surface area (TPSA) is 81.0 Å². The molecule has 2 aromatic heterocycles. The smallest absolute Gasteiger partial charge is 0.280 e. The quantitative estimate of drug-likeness (QED) is 0.643. The van der Waals surface area contributed by atoms with Gasteiger partial charge in [0, 0.05) is 36.8 Å². The monoisotopic (exact) mass is 415 g/mol. The Kier molecular flexibility index (Phi) is 4.68. The summed E-state index contributed by atoms with van der Waals surface area (Å²) in [5.41, 5.74) is 3.59. The molecule has 1 spiro atoms. The highest BCUT2D eigenvalue weighted by atomic mass is 16.2. The summed E-state index contributed by atoms with van der Waals surface area (Å²) < 4.78 is 1.79. The molecule has 158 valence electrons. The second kappa shape index (κ2) is 7.41. The molecule has 7 heteroatoms. The number of benzene rings is 1. The van der Waals surface area contributed by atoms with Gasteiger partial charge in [-0.2, -0.15) is 0 Å². The van der Waals surface area contributed by atoms with Gasteiger partial charge in [0.15, 0.2) is 5.69 Å². The van der Waals surface area contributed by atoms with Crippen molar-refractivity contribution in [2.24, 2.45) is 0 Å². The number of aryl methyl sites for hydroxylation is 2. The molecule has 2 aliphatic rings. The van der Waals surface area contributed by atoms with Crippen molar-refractivity contribution in [1.29, 1.82) is 0 Å². The number of aromatic nitrogens is 4. The van der Waals surface area contributed by atoms with E-state index in [2.05, 4.69) is 15.2 Å². The number of rotatable bonds is 2. The van der Waals surface area contributed by atoms with E-state index in [1.54, 1.807) is 16.8 Å². The van der Waals surface area contributed by atoms with Crippen LogP contribution in [0.2, 0.25) is 0 Å². The van der Waals surface area contributed by atoms with Crippen LogP contribution in [0, 0.1) is 13.8 Å². The largest absolute Gasteiger partial charge is 0.337 e. The number of hydrogen-bond donors (Lipinski definition) is 0. The van der Waals surface area contributed by atoms with Crippen molar-refractivity contribution < 1.29 is 4.79 Å². The van der Waals surface area contributed by atoms with E-state index in [1.807, 2.05) is 49.1 Å².